The van der Waals surface area contributed by atoms with Gasteiger partial charge in [-0.1, -0.05) is 0 Å². The molecule has 3 aliphatic heterocycles. The average molecular weight is 384 g/mol. The van der Waals surface area contributed by atoms with Crippen LogP contribution in [0.15, 0.2) is 4.99 Å². The Kier molecular flexibility index (Phi) is 6.37. The Bertz CT molecular complexity index is 654. The van der Waals surface area contributed by atoms with Gasteiger partial charge in [0.2, 0.25) is 0 Å². The van der Waals surface area contributed by atoms with Crippen LogP contribution < -0.4 is 5.32 Å². The highest BCUT2D eigenvalue weighted by Gasteiger charge is 2.29. The summed E-state index contributed by atoms with van der Waals surface area (Å²) in [5.41, 5.74) is 0. The van der Waals surface area contributed by atoms with Crippen molar-refractivity contribution in [3.8, 4) is 6.07 Å². The molecular weight excluding hydrogens is 354 g/mol. The maximum atomic E-state index is 11.7. The van der Waals surface area contributed by atoms with E-state index in [2.05, 4.69) is 21.2 Å². The Hall–Kier alpha value is -1.37. The lowest BCUT2D eigenvalue weighted by molar-refractivity contribution is 0.112. The number of guanidine groups is 1. The van der Waals surface area contributed by atoms with E-state index in [0.29, 0.717) is 26.1 Å². The third kappa shape index (κ3) is 5.09. The van der Waals surface area contributed by atoms with Gasteiger partial charge in [-0.05, 0) is 32.2 Å². The first kappa shape index (κ1) is 19.4. The van der Waals surface area contributed by atoms with Crippen LogP contribution in [0.5, 0.6) is 0 Å². The van der Waals surface area contributed by atoms with Crippen LogP contribution in [0.3, 0.4) is 0 Å². The van der Waals surface area contributed by atoms with Crippen molar-refractivity contribution in [3.05, 3.63) is 0 Å². The molecule has 3 unspecified atom stereocenters. The molecule has 26 heavy (non-hydrogen) atoms. The van der Waals surface area contributed by atoms with Crippen LogP contribution >= 0.6 is 0 Å². The number of nitrogens with zero attached hydrogens (tertiary/aromatic N) is 4. The van der Waals surface area contributed by atoms with Gasteiger partial charge in [-0.15, -0.1) is 0 Å². The Labute approximate surface area is 156 Å². The van der Waals surface area contributed by atoms with Crippen molar-refractivity contribution in [1.82, 2.24) is 15.1 Å². The molecule has 3 rings (SSSR count). The molecule has 3 aliphatic rings. The average Bonchev–Trinajstić information content (AvgIpc) is 3.25. The van der Waals surface area contributed by atoms with E-state index < -0.39 is 9.84 Å². The number of sulfone groups is 1. The van der Waals surface area contributed by atoms with Crippen molar-refractivity contribution in [2.45, 2.75) is 31.4 Å². The van der Waals surface area contributed by atoms with E-state index in [4.69, 9.17) is 9.73 Å². The first-order chi connectivity index (χ1) is 12.5. The van der Waals surface area contributed by atoms with Gasteiger partial charge in [-0.3, -0.25) is 9.89 Å². The summed E-state index contributed by atoms with van der Waals surface area (Å²) in [6.07, 6.45) is 3.02. The second-order valence-corrected chi connectivity index (χ2v) is 9.75. The molecule has 3 saturated heterocycles. The topological polar surface area (TPSA) is 98.0 Å². The molecule has 3 heterocycles. The molecule has 0 saturated carbocycles. The monoisotopic (exact) mass is 383 g/mol. The molecule has 0 bridgehead atoms. The van der Waals surface area contributed by atoms with Gasteiger partial charge in [0.25, 0.3) is 0 Å². The van der Waals surface area contributed by atoms with Gasteiger partial charge in [0.15, 0.2) is 15.8 Å². The van der Waals surface area contributed by atoms with Crippen LogP contribution in [-0.4, -0.2) is 94.2 Å². The van der Waals surface area contributed by atoms with E-state index in [9.17, 15) is 13.7 Å². The maximum absolute atomic E-state index is 11.7. The van der Waals surface area contributed by atoms with Gasteiger partial charge in [-0.2, -0.15) is 5.26 Å². The summed E-state index contributed by atoms with van der Waals surface area (Å²) in [5.74, 6) is 1.38. The molecule has 146 valence electrons. The predicted octanol–water partition coefficient (Wildman–Crippen LogP) is -0.315. The smallest absolute Gasteiger partial charge is 0.194 e. The summed E-state index contributed by atoms with van der Waals surface area (Å²) in [4.78, 5) is 8.90. The summed E-state index contributed by atoms with van der Waals surface area (Å²) in [6, 6.07) is 2.18. The molecule has 3 atom stereocenters. The zero-order chi connectivity index (χ0) is 18.6. The number of piperazine rings is 1. The summed E-state index contributed by atoms with van der Waals surface area (Å²) in [6.45, 7) is 4.23. The van der Waals surface area contributed by atoms with Gasteiger partial charge in [-0.25, -0.2) is 8.42 Å². The fourth-order valence-electron chi connectivity index (χ4n) is 3.72. The maximum Gasteiger partial charge on any atom is 0.194 e. The van der Waals surface area contributed by atoms with Crippen molar-refractivity contribution in [1.29, 1.82) is 5.26 Å². The van der Waals surface area contributed by atoms with Crippen molar-refractivity contribution < 1.29 is 13.2 Å². The van der Waals surface area contributed by atoms with Crippen LogP contribution in [0.4, 0.5) is 0 Å². The van der Waals surface area contributed by atoms with E-state index in [1.165, 1.54) is 0 Å². The van der Waals surface area contributed by atoms with Gasteiger partial charge in [0, 0.05) is 39.3 Å². The third-order valence-corrected chi connectivity index (χ3v) is 7.27. The molecule has 0 radical (unpaired) electrons. The minimum absolute atomic E-state index is 0.0961. The lowest BCUT2D eigenvalue weighted by Gasteiger charge is -2.38. The SMILES string of the molecule is CN1CCN(C(=NCC2CCS(=O)(=O)C2)NCC2CCCO2)CC1C#N. The lowest BCUT2D eigenvalue weighted by atomic mass is 10.1. The van der Waals surface area contributed by atoms with Gasteiger partial charge >= 0.3 is 0 Å². The zero-order valence-electron chi connectivity index (χ0n) is 15.4. The number of ether oxygens (including phenoxy) is 1. The van der Waals surface area contributed by atoms with Crippen molar-refractivity contribution in [2.24, 2.45) is 10.9 Å². The van der Waals surface area contributed by atoms with Crippen LogP contribution in [0.1, 0.15) is 19.3 Å². The highest BCUT2D eigenvalue weighted by Crippen LogP contribution is 2.19. The molecule has 0 aromatic rings. The molecule has 1 N–H and O–H groups in total. The van der Waals surface area contributed by atoms with Crippen LogP contribution in [0.25, 0.3) is 0 Å². The summed E-state index contributed by atoms with van der Waals surface area (Å²) in [5, 5.41) is 12.8. The van der Waals surface area contributed by atoms with Crippen molar-refractivity contribution >= 4 is 15.8 Å². The van der Waals surface area contributed by atoms with Crippen LogP contribution in [0.2, 0.25) is 0 Å². The highest BCUT2D eigenvalue weighted by molar-refractivity contribution is 7.91. The predicted molar refractivity (Wildman–Crippen MR) is 99.6 cm³/mol. The first-order valence-corrected chi connectivity index (χ1v) is 11.2. The first-order valence-electron chi connectivity index (χ1n) is 9.42. The minimum atomic E-state index is -2.89. The lowest BCUT2D eigenvalue weighted by Crippen LogP contribution is -2.56. The normalized spacial score (nSPS) is 32.5. The number of likely N-dealkylation sites (N-methyl/N-ethyl adjacent to an activating group) is 1. The number of hydrogen-bond acceptors (Lipinski definition) is 6. The summed E-state index contributed by atoms with van der Waals surface area (Å²) in [7, 11) is -0.923. The molecule has 0 amide bonds. The molecule has 0 aromatic heterocycles. The van der Waals surface area contributed by atoms with Crippen molar-refractivity contribution in [2.75, 3.05) is 57.9 Å². The van der Waals surface area contributed by atoms with E-state index in [-0.39, 0.29) is 29.6 Å². The molecule has 0 spiro atoms. The standard InChI is InChI=1S/C17H29N5O3S/c1-21-5-6-22(12-15(21)9-18)17(20-11-16-3-2-7-25-16)19-10-14-4-8-26(23,24)13-14/h14-16H,2-8,10-13H2,1H3,(H,19,20). The summed E-state index contributed by atoms with van der Waals surface area (Å²) < 4.78 is 29.0. The van der Waals surface area contributed by atoms with E-state index in [1.807, 2.05) is 7.05 Å². The molecule has 0 aromatic carbocycles. The second-order valence-electron chi connectivity index (χ2n) is 7.52. The number of nitriles is 1. The summed E-state index contributed by atoms with van der Waals surface area (Å²) >= 11 is 0. The molecule has 8 nitrogen and oxygen atoms in total. The van der Waals surface area contributed by atoms with Gasteiger partial charge < -0.3 is 15.0 Å². The molecule has 3 fully saturated rings. The fourth-order valence-corrected chi connectivity index (χ4v) is 5.56. The van der Waals surface area contributed by atoms with E-state index in [0.717, 1.165) is 38.5 Å². The van der Waals surface area contributed by atoms with Crippen LogP contribution in [-0.2, 0) is 14.6 Å². The second kappa shape index (κ2) is 8.55. The Balaban J connectivity index is 1.64. The zero-order valence-corrected chi connectivity index (χ0v) is 16.2. The quantitative estimate of drug-likeness (QED) is 0.525. The number of rotatable bonds is 4. The van der Waals surface area contributed by atoms with Crippen LogP contribution in [0, 0.1) is 17.2 Å². The molecular formula is C17H29N5O3S. The molecule has 9 heteroatoms. The fraction of sp³-hybridized carbons (Fsp3) is 0.882. The van der Waals surface area contributed by atoms with Gasteiger partial charge in [0.05, 0.1) is 23.7 Å². The number of aliphatic imine (C=N–C) groups is 1. The number of nitrogens with one attached hydrogen (secondary N) is 1. The Morgan fingerprint density at radius 2 is 2.23 bits per heavy atom. The Morgan fingerprint density at radius 3 is 2.88 bits per heavy atom. The van der Waals surface area contributed by atoms with Crippen molar-refractivity contribution in [3.63, 3.8) is 0 Å². The number of hydrogen-bond donors (Lipinski definition) is 1. The van der Waals surface area contributed by atoms with E-state index >= 15 is 0 Å². The largest absolute Gasteiger partial charge is 0.376 e. The third-order valence-electron chi connectivity index (χ3n) is 5.43. The minimum Gasteiger partial charge on any atom is -0.376 e. The Morgan fingerprint density at radius 1 is 1.38 bits per heavy atom. The highest BCUT2D eigenvalue weighted by atomic mass is 32.2. The van der Waals surface area contributed by atoms with E-state index in [1.54, 1.807) is 0 Å². The van der Waals surface area contributed by atoms with Gasteiger partial charge in [0.1, 0.15) is 6.04 Å². The molecule has 0 aliphatic carbocycles.